The fourth-order valence-electron chi connectivity index (χ4n) is 1.81. The van der Waals surface area contributed by atoms with Gasteiger partial charge < -0.3 is 11.1 Å². The third-order valence-corrected chi connectivity index (χ3v) is 3.15. The molecule has 1 aromatic carbocycles. The maximum atomic E-state index is 12.1. The zero-order chi connectivity index (χ0) is 14.7. The number of nitrogens with zero attached hydrogens (tertiary/aromatic N) is 1. The molecule has 0 bridgehead atoms. The minimum Gasteiger partial charge on any atom is -0.389 e. The highest BCUT2D eigenvalue weighted by Crippen LogP contribution is 2.16. The Labute approximate surface area is 123 Å². The number of pyridine rings is 1. The highest BCUT2D eigenvalue weighted by Gasteiger charge is 2.09. The smallest absolute Gasteiger partial charge is 0.274 e. The van der Waals surface area contributed by atoms with Gasteiger partial charge in [-0.25, -0.2) is 0 Å². The first kappa shape index (κ1) is 14.1. The van der Waals surface area contributed by atoms with Crippen LogP contribution in [0.25, 0.3) is 0 Å². The molecule has 20 heavy (non-hydrogen) atoms. The van der Waals surface area contributed by atoms with E-state index in [9.17, 15) is 4.79 Å². The van der Waals surface area contributed by atoms with Crippen LogP contribution in [0, 0.1) is 13.8 Å². The number of amides is 1. The topological polar surface area (TPSA) is 68.0 Å². The van der Waals surface area contributed by atoms with Gasteiger partial charge in [0, 0.05) is 17.4 Å². The predicted octanol–water partition coefficient (Wildman–Crippen LogP) is 2.58. The van der Waals surface area contributed by atoms with E-state index in [4.69, 9.17) is 18.0 Å². The highest BCUT2D eigenvalue weighted by atomic mass is 32.1. The Morgan fingerprint density at radius 1 is 1.25 bits per heavy atom. The van der Waals surface area contributed by atoms with E-state index in [1.54, 1.807) is 12.1 Å². The number of hydrogen-bond donors (Lipinski definition) is 2. The summed E-state index contributed by atoms with van der Waals surface area (Å²) >= 11 is 4.84. The van der Waals surface area contributed by atoms with Crippen LogP contribution in [0.2, 0.25) is 0 Å². The molecule has 3 N–H and O–H groups in total. The lowest BCUT2D eigenvalue weighted by Crippen LogP contribution is -2.16. The lowest BCUT2D eigenvalue weighted by atomic mass is 10.1. The number of aryl methyl sites for hydroxylation is 2. The molecule has 0 radical (unpaired) electrons. The van der Waals surface area contributed by atoms with Crippen molar-refractivity contribution in [2.75, 3.05) is 5.32 Å². The van der Waals surface area contributed by atoms with Crippen LogP contribution >= 0.6 is 12.2 Å². The third kappa shape index (κ3) is 3.19. The van der Waals surface area contributed by atoms with E-state index in [0.29, 0.717) is 11.3 Å². The van der Waals surface area contributed by atoms with Gasteiger partial charge in [0.1, 0.15) is 10.7 Å². The number of carbonyl (C=O) groups excluding carboxylic acids is 1. The van der Waals surface area contributed by atoms with Gasteiger partial charge in [0.15, 0.2) is 0 Å². The molecule has 1 amide bonds. The summed E-state index contributed by atoms with van der Waals surface area (Å²) in [4.78, 5) is 16.4. The van der Waals surface area contributed by atoms with Gasteiger partial charge in [0.25, 0.3) is 5.91 Å². The molecule has 4 nitrogen and oxygen atoms in total. The van der Waals surface area contributed by atoms with Gasteiger partial charge in [-0.05, 0) is 37.6 Å². The summed E-state index contributed by atoms with van der Waals surface area (Å²) < 4.78 is 0. The molecular weight excluding hydrogens is 270 g/mol. The summed E-state index contributed by atoms with van der Waals surface area (Å²) in [5.41, 5.74) is 9.40. The maximum Gasteiger partial charge on any atom is 0.274 e. The van der Waals surface area contributed by atoms with Crippen molar-refractivity contribution >= 4 is 28.8 Å². The third-order valence-electron chi connectivity index (χ3n) is 2.91. The van der Waals surface area contributed by atoms with E-state index in [-0.39, 0.29) is 10.9 Å². The summed E-state index contributed by atoms with van der Waals surface area (Å²) in [6.07, 6.45) is 1.50. The van der Waals surface area contributed by atoms with Crippen LogP contribution < -0.4 is 11.1 Å². The first-order chi connectivity index (χ1) is 9.47. The second-order valence-corrected chi connectivity index (χ2v) is 5.01. The summed E-state index contributed by atoms with van der Waals surface area (Å²) in [6.45, 7) is 3.96. The standard InChI is InChI=1S/C15H15N3OS/c1-9-3-5-12(10(2)7-9)18-15(19)13-6-4-11(8-17-13)14(16)20/h3-8H,1-2H3,(H2,16,20)(H,18,19). The predicted molar refractivity (Wildman–Crippen MR) is 84.0 cm³/mol. The van der Waals surface area contributed by atoms with Crippen LogP contribution in [-0.4, -0.2) is 15.9 Å². The number of nitrogens with two attached hydrogens (primary N) is 1. The van der Waals surface area contributed by atoms with Gasteiger partial charge in [0.05, 0.1) is 0 Å². The molecule has 0 saturated carbocycles. The molecule has 1 heterocycles. The molecule has 1 aromatic heterocycles. The number of anilines is 1. The Hall–Kier alpha value is -2.27. The zero-order valence-corrected chi connectivity index (χ0v) is 12.1. The molecule has 0 unspecified atom stereocenters. The average Bonchev–Trinajstić information content (AvgIpc) is 2.42. The van der Waals surface area contributed by atoms with Gasteiger partial charge in [-0.2, -0.15) is 0 Å². The molecule has 0 spiro atoms. The second kappa shape index (κ2) is 5.79. The Balaban J connectivity index is 2.17. The van der Waals surface area contributed by atoms with E-state index in [1.165, 1.54) is 6.20 Å². The molecule has 0 aliphatic carbocycles. The molecule has 0 aliphatic heterocycles. The Morgan fingerprint density at radius 3 is 2.55 bits per heavy atom. The molecular formula is C15H15N3OS. The van der Waals surface area contributed by atoms with E-state index < -0.39 is 0 Å². The SMILES string of the molecule is Cc1ccc(NC(=O)c2ccc(C(N)=S)cn2)c(C)c1. The van der Waals surface area contributed by atoms with E-state index in [0.717, 1.165) is 16.8 Å². The van der Waals surface area contributed by atoms with Crippen LogP contribution in [0.1, 0.15) is 27.2 Å². The lowest BCUT2D eigenvalue weighted by Gasteiger charge is -2.09. The molecule has 0 saturated heterocycles. The molecule has 0 fully saturated rings. The van der Waals surface area contributed by atoms with E-state index in [2.05, 4.69) is 10.3 Å². The zero-order valence-electron chi connectivity index (χ0n) is 11.3. The quantitative estimate of drug-likeness (QED) is 0.851. The van der Waals surface area contributed by atoms with Gasteiger partial charge in [-0.15, -0.1) is 0 Å². The number of nitrogens with one attached hydrogen (secondary N) is 1. The van der Waals surface area contributed by atoms with Crippen molar-refractivity contribution in [1.29, 1.82) is 0 Å². The van der Waals surface area contributed by atoms with Gasteiger partial charge >= 0.3 is 0 Å². The summed E-state index contributed by atoms with van der Waals surface area (Å²) in [7, 11) is 0. The molecule has 5 heteroatoms. The number of rotatable bonds is 3. The minimum absolute atomic E-state index is 0.258. The van der Waals surface area contributed by atoms with Crippen molar-refractivity contribution in [2.45, 2.75) is 13.8 Å². The van der Waals surface area contributed by atoms with Crippen LogP contribution in [-0.2, 0) is 0 Å². The first-order valence-electron chi connectivity index (χ1n) is 6.12. The van der Waals surface area contributed by atoms with Gasteiger partial charge in [-0.1, -0.05) is 29.9 Å². The largest absolute Gasteiger partial charge is 0.389 e. The van der Waals surface area contributed by atoms with Crippen molar-refractivity contribution in [3.05, 3.63) is 58.9 Å². The monoisotopic (exact) mass is 285 g/mol. The number of aromatic nitrogens is 1. The van der Waals surface area contributed by atoms with Gasteiger partial charge in [-0.3, -0.25) is 9.78 Å². The maximum absolute atomic E-state index is 12.1. The number of thiocarbonyl (C=S) groups is 1. The minimum atomic E-state index is -0.258. The highest BCUT2D eigenvalue weighted by molar-refractivity contribution is 7.80. The van der Waals surface area contributed by atoms with Crippen molar-refractivity contribution in [3.8, 4) is 0 Å². The fraction of sp³-hybridized carbons (Fsp3) is 0.133. The molecule has 0 atom stereocenters. The number of benzene rings is 1. The number of carbonyl (C=O) groups is 1. The van der Waals surface area contributed by atoms with E-state index >= 15 is 0 Å². The van der Waals surface area contributed by atoms with Crippen molar-refractivity contribution < 1.29 is 4.79 Å². The number of hydrogen-bond acceptors (Lipinski definition) is 3. The second-order valence-electron chi connectivity index (χ2n) is 4.57. The fourth-order valence-corrected chi connectivity index (χ4v) is 1.93. The summed E-state index contributed by atoms with van der Waals surface area (Å²) in [5.74, 6) is -0.258. The summed E-state index contributed by atoms with van der Waals surface area (Å²) in [6, 6.07) is 9.14. The molecule has 2 rings (SSSR count). The van der Waals surface area contributed by atoms with Crippen LogP contribution in [0.5, 0.6) is 0 Å². The van der Waals surface area contributed by atoms with E-state index in [1.807, 2.05) is 32.0 Å². The Bertz CT molecular complexity index is 665. The van der Waals surface area contributed by atoms with Crippen LogP contribution in [0.15, 0.2) is 36.5 Å². The van der Waals surface area contributed by atoms with Gasteiger partial charge in [0.2, 0.25) is 0 Å². The van der Waals surface area contributed by atoms with Crippen molar-refractivity contribution in [2.24, 2.45) is 5.73 Å². The summed E-state index contributed by atoms with van der Waals surface area (Å²) in [5, 5.41) is 2.84. The van der Waals surface area contributed by atoms with Crippen LogP contribution in [0.4, 0.5) is 5.69 Å². The Morgan fingerprint density at radius 2 is 2.00 bits per heavy atom. The molecule has 0 aliphatic rings. The Kier molecular flexibility index (Phi) is 4.10. The lowest BCUT2D eigenvalue weighted by molar-refractivity contribution is 0.102. The van der Waals surface area contributed by atoms with Crippen molar-refractivity contribution in [3.63, 3.8) is 0 Å². The van der Waals surface area contributed by atoms with Crippen molar-refractivity contribution in [1.82, 2.24) is 4.98 Å². The molecule has 102 valence electrons. The van der Waals surface area contributed by atoms with Crippen LogP contribution in [0.3, 0.4) is 0 Å². The normalized spacial score (nSPS) is 10.1. The first-order valence-corrected chi connectivity index (χ1v) is 6.52. The average molecular weight is 285 g/mol. The molecule has 2 aromatic rings.